The van der Waals surface area contributed by atoms with Crippen molar-refractivity contribution in [1.29, 1.82) is 0 Å². The minimum atomic E-state index is 0.00939. The first-order valence-electron chi connectivity index (χ1n) is 8.93. The van der Waals surface area contributed by atoms with Gasteiger partial charge < -0.3 is 15.5 Å². The van der Waals surface area contributed by atoms with E-state index in [0.29, 0.717) is 29.8 Å². The van der Waals surface area contributed by atoms with E-state index in [1.165, 1.54) is 6.42 Å². The van der Waals surface area contributed by atoms with Crippen LogP contribution in [0.4, 0.5) is 5.82 Å². The Morgan fingerprint density at radius 1 is 1.08 bits per heavy atom. The van der Waals surface area contributed by atoms with E-state index < -0.39 is 0 Å². The fourth-order valence-corrected chi connectivity index (χ4v) is 4.12. The molecule has 5 rings (SSSR count). The highest BCUT2D eigenvalue weighted by Crippen LogP contribution is 2.33. The Morgan fingerprint density at radius 2 is 1.92 bits per heavy atom. The van der Waals surface area contributed by atoms with Crippen LogP contribution in [0.15, 0.2) is 18.3 Å². The molecule has 1 aromatic heterocycles. The molecule has 2 amide bonds. The highest BCUT2D eigenvalue weighted by molar-refractivity contribution is 5.94. The van der Waals surface area contributed by atoms with Crippen molar-refractivity contribution in [2.75, 3.05) is 25.4 Å². The van der Waals surface area contributed by atoms with Gasteiger partial charge in [-0.3, -0.25) is 9.59 Å². The van der Waals surface area contributed by atoms with Gasteiger partial charge in [-0.2, -0.15) is 0 Å². The summed E-state index contributed by atoms with van der Waals surface area (Å²) in [5, 5.41) is 0. The molecule has 1 aromatic rings. The maximum atomic E-state index is 12.9. The van der Waals surface area contributed by atoms with E-state index >= 15 is 0 Å². The third-order valence-electron chi connectivity index (χ3n) is 5.77. The van der Waals surface area contributed by atoms with Gasteiger partial charge in [-0.15, -0.1) is 0 Å². The largest absolute Gasteiger partial charge is 0.384 e. The fourth-order valence-electron chi connectivity index (χ4n) is 4.12. The molecule has 4 aliphatic rings. The number of nitrogens with two attached hydrogens (primary N) is 1. The van der Waals surface area contributed by atoms with Crippen LogP contribution in [0, 0.1) is 11.8 Å². The molecular weight excluding hydrogens is 304 g/mol. The maximum Gasteiger partial charge on any atom is 0.255 e. The Labute approximate surface area is 142 Å². The molecular formula is C18H24N4O2. The predicted octanol–water partition coefficient (Wildman–Crippen LogP) is 1.53. The number of rotatable bonds is 2. The molecule has 1 aliphatic carbocycles. The maximum absolute atomic E-state index is 12.9. The van der Waals surface area contributed by atoms with Crippen molar-refractivity contribution in [3.8, 4) is 0 Å². The van der Waals surface area contributed by atoms with Gasteiger partial charge in [0.25, 0.3) is 5.91 Å². The summed E-state index contributed by atoms with van der Waals surface area (Å²) in [4.78, 5) is 33.5. The van der Waals surface area contributed by atoms with Crippen LogP contribution in [0.2, 0.25) is 0 Å². The second kappa shape index (κ2) is 6.07. The SMILES string of the molecule is Nc1ccc(C(=O)N2CC3CCC2CN(C(=O)C2CCC2)C3)cn1. The average molecular weight is 328 g/mol. The third kappa shape index (κ3) is 2.74. The van der Waals surface area contributed by atoms with E-state index in [1.54, 1.807) is 18.3 Å². The van der Waals surface area contributed by atoms with Gasteiger partial charge in [0.05, 0.1) is 5.56 Å². The van der Waals surface area contributed by atoms with Crippen LogP contribution in [0.1, 0.15) is 42.5 Å². The third-order valence-corrected chi connectivity index (χ3v) is 5.77. The van der Waals surface area contributed by atoms with Gasteiger partial charge in [0.1, 0.15) is 5.82 Å². The minimum absolute atomic E-state index is 0.00939. The lowest BCUT2D eigenvalue weighted by Gasteiger charge is -2.36. The van der Waals surface area contributed by atoms with Crippen LogP contribution in [0.25, 0.3) is 0 Å². The number of amides is 2. The van der Waals surface area contributed by atoms with E-state index in [4.69, 9.17) is 5.73 Å². The second-order valence-corrected chi connectivity index (χ2v) is 7.40. The van der Waals surface area contributed by atoms with Crippen molar-refractivity contribution in [2.45, 2.75) is 38.1 Å². The van der Waals surface area contributed by atoms with Gasteiger partial charge in [-0.25, -0.2) is 4.98 Å². The van der Waals surface area contributed by atoms with Crippen molar-refractivity contribution >= 4 is 17.6 Å². The topological polar surface area (TPSA) is 79.5 Å². The molecule has 2 N–H and O–H groups in total. The zero-order valence-corrected chi connectivity index (χ0v) is 13.9. The van der Waals surface area contributed by atoms with E-state index in [0.717, 1.165) is 38.8 Å². The summed E-state index contributed by atoms with van der Waals surface area (Å²) < 4.78 is 0. The highest BCUT2D eigenvalue weighted by atomic mass is 16.2. The van der Waals surface area contributed by atoms with Crippen LogP contribution < -0.4 is 5.73 Å². The van der Waals surface area contributed by atoms with Crippen molar-refractivity contribution in [3.63, 3.8) is 0 Å². The lowest BCUT2D eigenvalue weighted by Crippen LogP contribution is -2.48. The number of hydrogen-bond acceptors (Lipinski definition) is 4. The molecule has 4 fully saturated rings. The monoisotopic (exact) mass is 328 g/mol. The van der Waals surface area contributed by atoms with Gasteiger partial charge in [-0.05, 0) is 43.7 Å². The number of piperidine rings is 1. The Balaban J connectivity index is 1.51. The van der Waals surface area contributed by atoms with Crippen LogP contribution in [-0.4, -0.2) is 52.3 Å². The summed E-state index contributed by atoms with van der Waals surface area (Å²) in [6.07, 6.45) is 6.87. The standard InChI is InChI=1S/C18H24N4O2/c19-16-7-5-14(8-20-16)18(24)22-10-12-4-6-15(22)11-21(9-12)17(23)13-2-1-3-13/h5,7-8,12-13,15H,1-4,6,9-11H2,(H2,19,20). The Bertz CT molecular complexity index is 641. The number of anilines is 1. The van der Waals surface area contributed by atoms with Crippen LogP contribution in [0.3, 0.4) is 0 Å². The molecule has 24 heavy (non-hydrogen) atoms. The molecule has 3 saturated heterocycles. The molecule has 0 radical (unpaired) electrons. The van der Waals surface area contributed by atoms with Gasteiger partial charge in [0.15, 0.2) is 0 Å². The first-order valence-corrected chi connectivity index (χ1v) is 8.93. The Morgan fingerprint density at radius 3 is 2.58 bits per heavy atom. The van der Waals surface area contributed by atoms with Gasteiger partial charge in [0.2, 0.25) is 5.91 Å². The lowest BCUT2D eigenvalue weighted by molar-refractivity contribution is -0.138. The summed E-state index contributed by atoms with van der Waals surface area (Å²) in [5.41, 5.74) is 6.19. The van der Waals surface area contributed by atoms with Crippen molar-refractivity contribution < 1.29 is 9.59 Å². The number of carbonyl (C=O) groups excluding carboxylic acids is 2. The Kier molecular flexibility index (Phi) is 3.90. The average Bonchev–Trinajstić information content (AvgIpc) is 2.85. The molecule has 0 aromatic carbocycles. The number of carbonyl (C=O) groups is 2. The van der Waals surface area contributed by atoms with E-state index in [1.807, 2.05) is 9.80 Å². The number of nitrogen functional groups attached to an aromatic ring is 1. The molecule has 2 atom stereocenters. The number of fused-ring (bicyclic) bond motifs is 4. The normalized spacial score (nSPS) is 26.8. The van der Waals surface area contributed by atoms with Crippen LogP contribution in [0.5, 0.6) is 0 Å². The first kappa shape index (κ1) is 15.4. The summed E-state index contributed by atoms with van der Waals surface area (Å²) >= 11 is 0. The molecule has 3 aliphatic heterocycles. The molecule has 4 heterocycles. The van der Waals surface area contributed by atoms with Gasteiger partial charge in [0, 0.05) is 37.8 Å². The van der Waals surface area contributed by atoms with Gasteiger partial charge >= 0.3 is 0 Å². The smallest absolute Gasteiger partial charge is 0.255 e. The summed E-state index contributed by atoms with van der Waals surface area (Å²) in [6, 6.07) is 3.52. The zero-order chi connectivity index (χ0) is 16.7. The molecule has 2 bridgehead atoms. The number of nitrogens with zero attached hydrogens (tertiary/aromatic N) is 3. The number of hydrogen-bond donors (Lipinski definition) is 1. The quantitative estimate of drug-likeness (QED) is 0.893. The van der Waals surface area contributed by atoms with Crippen LogP contribution >= 0.6 is 0 Å². The van der Waals surface area contributed by atoms with Crippen LogP contribution in [-0.2, 0) is 4.79 Å². The molecule has 1 saturated carbocycles. The molecule has 6 nitrogen and oxygen atoms in total. The predicted molar refractivity (Wildman–Crippen MR) is 90.1 cm³/mol. The van der Waals surface area contributed by atoms with Gasteiger partial charge in [-0.1, -0.05) is 6.42 Å². The van der Waals surface area contributed by atoms with Crippen molar-refractivity contribution in [1.82, 2.24) is 14.8 Å². The van der Waals surface area contributed by atoms with Crippen molar-refractivity contribution in [2.24, 2.45) is 11.8 Å². The summed E-state index contributed by atoms with van der Waals surface area (Å²) in [5.74, 6) is 1.35. The number of pyridine rings is 1. The van der Waals surface area contributed by atoms with E-state index in [2.05, 4.69) is 4.98 Å². The molecule has 128 valence electrons. The molecule has 0 spiro atoms. The Hall–Kier alpha value is -2.11. The van der Waals surface area contributed by atoms with E-state index in [9.17, 15) is 9.59 Å². The molecule has 2 unspecified atom stereocenters. The fraction of sp³-hybridized carbons (Fsp3) is 0.611. The highest BCUT2D eigenvalue weighted by Gasteiger charge is 2.40. The number of aromatic nitrogens is 1. The lowest BCUT2D eigenvalue weighted by atomic mass is 9.84. The zero-order valence-electron chi connectivity index (χ0n) is 13.9. The van der Waals surface area contributed by atoms with E-state index in [-0.39, 0.29) is 17.9 Å². The first-order chi connectivity index (χ1) is 11.6. The van der Waals surface area contributed by atoms with Crippen molar-refractivity contribution in [3.05, 3.63) is 23.9 Å². The summed E-state index contributed by atoms with van der Waals surface area (Å²) in [7, 11) is 0. The summed E-state index contributed by atoms with van der Waals surface area (Å²) in [6.45, 7) is 2.22. The molecule has 6 heteroatoms. The minimum Gasteiger partial charge on any atom is -0.384 e. The second-order valence-electron chi connectivity index (χ2n) is 7.40.